The molecule has 0 spiro atoms. The molecular weight excluding hydrogens is 364 g/mol. The molecule has 9 heteroatoms. The van der Waals surface area contributed by atoms with Crippen molar-refractivity contribution in [3.8, 4) is 0 Å². The zero-order valence-corrected chi connectivity index (χ0v) is 14.6. The molecule has 0 atom stereocenters. The van der Waals surface area contributed by atoms with Gasteiger partial charge in [-0.1, -0.05) is 17.7 Å². The lowest BCUT2D eigenvalue weighted by atomic mass is 10.2. The zero-order chi connectivity index (χ0) is 17.9. The summed E-state index contributed by atoms with van der Waals surface area (Å²) in [7, 11) is -3.70. The van der Waals surface area contributed by atoms with Crippen molar-refractivity contribution in [2.24, 2.45) is 0 Å². The number of halogens is 1. The number of hydrogen-bond acceptors (Lipinski definition) is 4. The Balaban J connectivity index is 1.55. The molecule has 0 fully saturated rings. The summed E-state index contributed by atoms with van der Waals surface area (Å²) >= 11 is 5.80. The van der Waals surface area contributed by atoms with Gasteiger partial charge < -0.3 is 5.32 Å². The third-order valence-electron chi connectivity index (χ3n) is 3.47. The number of amides is 1. The van der Waals surface area contributed by atoms with Gasteiger partial charge in [0.1, 0.15) is 0 Å². The summed E-state index contributed by atoms with van der Waals surface area (Å²) < 4.78 is 26.6. The number of nitrogens with zero attached hydrogens (tertiary/aromatic N) is 1. The van der Waals surface area contributed by atoms with Crippen LogP contribution < -0.4 is 10.0 Å². The van der Waals surface area contributed by atoms with Crippen molar-refractivity contribution in [3.63, 3.8) is 0 Å². The maximum atomic E-state index is 12.1. The molecule has 1 aromatic heterocycles. The molecule has 0 saturated heterocycles. The van der Waals surface area contributed by atoms with E-state index in [2.05, 4.69) is 20.2 Å². The number of H-pyrrole nitrogens is 1. The average molecular weight is 379 g/mol. The van der Waals surface area contributed by atoms with Crippen LogP contribution in [0.3, 0.4) is 0 Å². The zero-order valence-electron chi connectivity index (χ0n) is 13.0. The van der Waals surface area contributed by atoms with Gasteiger partial charge >= 0.3 is 0 Å². The number of anilines is 1. The Morgan fingerprint density at radius 2 is 2.04 bits per heavy atom. The highest BCUT2D eigenvalue weighted by Gasteiger charge is 2.14. The van der Waals surface area contributed by atoms with E-state index in [1.165, 1.54) is 12.1 Å². The minimum atomic E-state index is -3.70. The molecule has 0 saturated carbocycles. The molecule has 3 aromatic rings. The van der Waals surface area contributed by atoms with Crippen LogP contribution >= 0.6 is 11.6 Å². The summed E-state index contributed by atoms with van der Waals surface area (Å²) in [5, 5.41) is 10.7. The summed E-state index contributed by atoms with van der Waals surface area (Å²) in [5.74, 6) is -0.295. The number of nitrogens with one attached hydrogen (secondary N) is 3. The fourth-order valence-corrected chi connectivity index (χ4v) is 3.59. The first-order chi connectivity index (χ1) is 11.9. The number of benzene rings is 2. The minimum absolute atomic E-state index is 0.00319. The molecule has 3 rings (SSSR count). The van der Waals surface area contributed by atoms with Gasteiger partial charge in [0, 0.05) is 29.1 Å². The van der Waals surface area contributed by atoms with Gasteiger partial charge in [-0.2, -0.15) is 5.10 Å². The van der Waals surface area contributed by atoms with Crippen LogP contribution in [0.15, 0.2) is 53.6 Å². The maximum Gasteiger partial charge on any atom is 0.240 e. The Labute approximate surface area is 149 Å². The Morgan fingerprint density at radius 3 is 2.84 bits per heavy atom. The van der Waals surface area contributed by atoms with E-state index in [9.17, 15) is 13.2 Å². The second-order valence-electron chi connectivity index (χ2n) is 5.33. The molecule has 0 aliphatic carbocycles. The summed E-state index contributed by atoms with van der Waals surface area (Å²) in [6.45, 7) is -0.0192. The van der Waals surface area contributed by atoms with E-state index in [1.54, 1.807) is 36.5 Å². The first kappa shape index (κ1) is 17.4. The third-order valence-corrected chi connectivity index (χ3v) is 5.17. The Morgan fingerprint density at radius 1 is 1.20 bits per heavy atom. The topological polar surface area (TPSA) is 104 Å². The van der Waals surface area contributed by atoms with Gasteiger partial charge in [-0.15, -0.1) is 0 Å². The van der Waals surface area contributed by atoms with Crippen molar-refractivity contribution in [1.82, 2.24) is 14.9 Å². The molecule has 1 amide bonds. The fraction of sp³-hybridized carbons (Fsp3) is 0.125. The second kappa shape index (κ2) is 7.22. The van der Waals surface area contributed by atoms with Crippen molar-refractivity contribution < 1.29 is 13.2 Å². The quantitative estimate of drug-likeness (QED) is 0.613. The van der Waals surface area contributed by atoms with Crippen molar-refractivity contribution in [1.29, 1.82) is 0 Å². The Hall–Kier alpha value is -2.42. The Bertz CT molecular complexity index is 1020. The van der Waals surface area contributed by atoms with Gasteiger partial charge in [-0.25, -0.2) is 13.1 Å². The van der Waals surface area contributed by atoms with E-state index < -0.39 is 10.0 Å². The number of rotatable bonds is 6. The fourth-order valence-electron chi connectivity index (χ4n) is 2.26. The van der Waals surface area contributed by atoms with Gasteiger partial charge in [-0.3, -0.25) is 9.89 Å². The van der Waals surface area contributed by atoms with Crippen LogP contribution in [0.2, 0.25) is 5.02 Å². The van der Waals surface area contributed by atoms with E-state index in [0.29, 0.717) is 10.7 Å². The second-order valence-corrected chi connectivity index (χ2v) is 7.53. The molecule has 3 N–H and O–H groups in total. The molecule has 25 heavy (non-hydrogen) atoms. The highest BCUT2D eigenvalue weighted by Crippen LogP contribution is 2.17. The molecule has 2 aromatic carbocycles. The van der Waals surface area contributed by atoms with Crippen molar-refractivity contribution in [2.75, 3.05) is 11.9 Å². The summed E-state index contributed by atoms with van der Waals surface area (Å²) in [4.78, 5) is 12.0. The lowest BCUT2D eigenvalue weighted by molar-refractivity contribution is -0.116. The predicted molar refractivity (Wildman–Crippen MR) is 96.0 cm³/mol. The number of sulfonamides is 1. The van der Waals surface area contributed by atoms with Crippen LogP contribution in [0.25, 0.3) is 10.9 Å². The molecule has 1 heterocycles. The highest BCUT2D eigenvalue weighted by atomic mass is 35.5. The van der Waals surface area contributed by atoms with E-state index in [0.717, 1.165) is 10.9 Å². The molecule has 0 bridgehead atoms. The normalized spacial score (nSPS) is 11.6. The monoisotopic (exact) mass is 378 g/mol. The first-order valence-corrected chi connectivity index (χ1v) is 9.28. The largest absolute Gasteiger partial charge is 0.326 e. The number of aromatic nitrogens is 2. The molecular formula is C16H15ClN4O3S. The van der Waals surface area contributed by atoms with Crippen molar-refractivity contribution in [3.05, 3.63) is 53.7 Å². The van der Waals surface area contributed by atoms with Crippen molar-refractivity contribution >= 4 is 44.1 Å². The molecule has 130 valence electrons. The van der Waals surface area contributed by atoms with Gasteiger partial charge in [-0.05, 0) is 36.4 Å². The number of fused-ring (bicyclic) bond motifs is 1. The summed E-state index contributed by atoms with van der Waals surface area (Å²) in [6.07, 6.45) is 1.66. The van der Waals surface area contributed by atoms with E-state index in [4.69, 9.17) is 11.6 Å². The smallest absolute Gasteiger partial charge is 0.240 e. The minimum Gasteiger partial charge on any atom is -0.326 e. The van der Waals surface area contributed by atoms with Crippen LogP contribution in [0.1, 0.15) is 6.42 Å². The first-order valence-electron chi connectivity index (χ1n) is 7.42. The standard InChI is InChI=1S/C16H15ClN4O3S/c17-12-2-1-3-14(9-12)25(23,24)19-7-6-16(22)20-13-4-5-15-11(8-13)10-18-21-15/h1-5,8-10,19H,6-7H2,(H,18,21)(H,20,22). The maximum absolute atomic E-state index is 12.1. The van der Waals surface area contributed by atoms with Crippen molar-refractivity contribution in [2.45, 2.75) is 11.3 Å². The molecule has 0 aliphatic heterocycles. The molecule has 0 radical (unpaired) electrons. The number of carbonyl (C=O) groups excluding carboxylic acids is 1. The predicted octanol–water partition coefficient (Wildman–Crippen LogP) is 2.52. The lowest BCUT2D eigenvalue weighted by Crippen LogP contribution is -2.27. The summed E-state index contributed by atoms with van der Waals surface area (Å²) in [6, 6.07) is 11.3. The third kappa shape index (κ3) is 4.36. The average Bonchev–Trinajstić information content (AvgIpc) is 3.02. The number of hydrogen-bond donors (Lipinski definition) is 3. The Kier molecular flexibility index (Phi) is 5.03. The summed E-state index contributed by atoms with van der Waals surface area (Å²) in [5.41, 5.74) is 1.49. The van der Waals surface area contributed by atoms with E-state index in [1.807, 2.05) is 0 Å². The van der Waals surface area contributed by atoms with Gasteiger partial charge in [0.2, 0.25) is 15.9 Å². The van der Waals surface area contributed by atoms with Gasteiger partial charge in [0.15, 0.2) is 0 Å². The van der Waals surface area contributed by atoms with Crippen LogP contribution in [-0.4, -0.2) is 31.1 Å². The van der Waals surface area contributed by atoms with Crippen LogP contribution in [-0.2, 0) is 14.8 Å². The molecule has 0 unspecified atom stereocenters. The van der Waals surface area contributed by atoms with Gasteiger partial charge in [0.05, 0.1) is 16.6 Å². The van der Waals surface area contributed by atoms with E-state index >= 15 is 0 Å². The van der Waals surface area contributed by atoms with E-state index in [-0.39, 0.29) is 23.8 Å². The molecule has 7 nitrogen and oxygen atoms in total. The SMILES string of the molecule is O=C(CCNS(=O)(=O)c1cccc(Cl)c1)Nc1ccc2[nH]ncc2c1. The lowest BCUT2D eigenvalue weighted by Gasteiger charge is -2.08. The number of carbonyl (C=O) groups is 1. The highest BCUT2D eigenvalue weighted by molar-refractivity contribution is 7.89. The number of aromatic amines is 1. The van der Waals surface area contributed by atoms with Gasteiger partial charge in [0.25, 0.3) is 0 Å². The molecule has 0 aliphatic rings. The van der Waals surface area contributed by atoms with Crippen LogP contribution in [0.5, 0.6) is 0 Å². The van der Waals surface area contributed by atoms with Crippen LogP contribution in [0, 0.1) is 0 Å². The van der Waals surface area contributed by atoms with Crippen LogP contribution in [0.4, 0.5) is 5.69 Å².